The Kier molecular flexibility index (Phi) is 4.14. The van der Waals surface area contributed by atoms with Crippen LogP contribution in [0.25, 0.3) is 10.8 Å². The smallest absolute Gasteiger partial charge is 0.238 e. The normalized spacial score (nSPS) is 23.3. The fourth-order valence-electron chi connectivity index (χ4n) is 2.55. The third-order valence-electron chi connectivity index (χ3n) is 3.63. The van der Waals surface area contributed by atoms with Gasteiger partial charge in [0.15, 0.2) is 0 Å². The second-order valence-electron chi connectivity index (χ2n) is 4.99. The molecule has 1 aliphatic heterocycles. The number of fused-ring (bicyclic) bond motifs is 1. The maximum Gasteiger partial charge on any atom is 0.238 e. The van der Waals surface area contributed by atoms with E-state index in [2.05, 4.69) is 58.8 Å². The molecule has 1 fully saturated rings. The summed E-state index contributed by atoms with van der Waals surface area (Å²) in [5.74, 6) is 2.79. The molecule has 0 radical (unpaired) electrons. The summed E-state index contributed by atoms with van der Waals surface area (Å²) in [6.07, 6.45) is 5.53. The van der Waals surface area contributed by atoms with Gasteiger partial charge in [-0.15, -0.1) is 18.2 Å². The van der Waals surface area contributed by atoms with Gasteiger partial charge in [-0.25, -0.2) is 0 Å². The highest BCUT2D eigenvalue weighted by atomic mass is 127. The molecule has 4 heteroatoms. The Morgan fingerprint density at radius 3 is 2.71 bits per heavy atom. The quantitative estimate of drug-likeness (QED) is 0.322. The van der Waals surface area contributed by atoms with E-state index in [0.717, 1.165) is 5.56 Å². The summed E-state index contributed by atoms with van der Waals surface area (Å²) in [6.45, 7) is 1.95. The standard InChI is InChI=1S/C17H14INOS/c1-3-15(18)19-16(20)11(2)21-17(19)14-9-8-12-6-4-5-7-13(12)10-14/h1,4-11,15,17H,2H3. The van der Waals surface area contributed by atoms with Gasteiger partial charge in [-0.05, 0) is 51.9 Å². The SMILES string of the molecule is C#CC(I)N1C(=O)C(C)SC1c1ccc2ccccc2c1. The zero-order chi connectivity index (χ0) is 15.0. The van der Waals surface area contributed by atoms with Crippen LogP contribution in [-0.2, 0) is 4.79 Å². The fourth-order valence-corrected chi connectivity index (χ4v) is 4.65. The summed E-state index contributed by atoms with van der Waals surface area (Å²) in [5, 5.41) is 2.34. The van der Waals surface area contributed by atoms with Crippen molar-refractivity contribution in [2.45, 2.75) is 21.6 Å². The number of thioether (sulfide) groups is 1. The number of carbonyl (C=O) groups is 1. The number of rotatable bonds is 2. The van der Waals surface area contributed by atoms with Gasteiger partial charge < -0.3 is 4.90 Å². The van der Waals surface area contributed by atoms with Gasteiger partial charge >= 0.3 is 0 Å². The van der Waals surface area contributed by atoms with Crippen molar-refractivity contribution in [3.05, 3.63) is 48.0 Å². The molecule has 0 bridgehead atoms. The molecule has 2 aromatic rings. The van der Waals surface area contributed by atoms with E-state index in [1.807, 2.05) is 24.0 Å². The Bertz CT molecular complexity index is 739. The third kappa shape index (κ3) is 2.65. The van der Waals surface area contributed by atoms with Gasteiger partial charge in [0.2, 0.25) is 5.91 Å². The molecule has 1 saturated heterocycles. The van der Waals surface area contributed by atoms with Crippen LogP contribution in [0.3, 0.4) is 0 Å². The van der Waals surface area contributed by atoms with Crippen molar-refractivity contribution in [2.24, 2.45) is 0 Å². The molecule has 21 heavy (non-hydrogen) atoms. The Balaban J connectivity index is 2.04. The minimum absolute atomic E-state index is 0.00458. The van der Waals surface area contributed by atoms with Gasteiger partial charge in [-0.1, -0.05) is 42.3 Å². The van der Waals surface area contributed by atoms with Gasteiger partial charge in [0, 0.05) is 0 Å². The highest BCUT2D eigenvalue weighted by molar-refractivity contribution is 14.1. The molecule has 0 aliphatic carbocycles. The van der Waals surface area contributed by atoms with Gasteiger partial charge in [0.25, 0.3) is 0 Å². The molecule has 0 N–H and O–H groups in total. The average Bonchev–Trinajstić information content (AvgIpc) is 2.82. The van der Waals surface area contributed by atoms with Crippen molar-refractivity contribution in [3.8, 4) is 12.3 Å². The van der Waals surface area contributed by atoms with Crippen LogP contribution in [-0.4, -0.2) is 20.1 Å². The van der Waals surface area contributed by atoms with E-state index in [-0.39, 0.29) is 20.6 Å². The largest absolute Gasteiger partial charge is 0.303 e. The minimum Gasteiger partial charge on any atom is -0.303 e. The van der Waals surface area contributed by atoms with Crippen molar-refractivity contribution in [1.82, 2.24) is 4.90 Å². The first-order chi connectivity index (χ1) is 10.1. The summed E-state index contributed by atoms with van der Waals surface area (Å²) in [4.78, 5) is 14.2. The van der Waals surface area contributed by atoms with Crippen LogP contribution in [0.1, 0.15) is 17.9 Å². The molecule has 3 atom stereocenters. The molecule has 3 unspecified atom stereocenters. The lowest BCUT2D eigenvalue weighted by Crippen LogP contribution is -2.35. The Labute approximate surface area is 142 Å². The number of hydrogen-bond acceptors (Lipinski definition) is 2. The first-order valence-corrected chi connectivity index (χ1v) is 8.87. The molecule has 1 heterocycles. The second kappa shape index (κ2) is 5.90. The first-order valence-electron chi connectivity index (χ1n) is 6.68. The number of terminal acetylenes is 1. The summed E-state index contributed by atoms with van der Waals surface area (Å²) >= 11 is 3.81. The molecule has 0 spiro atoms. The van der Waals surface area contributed by atoms with Crippen LogP contribution in [0.5, 0.6) is 0 Å². The van der Waals surface area contributed by atoms with Crippen molar-refractivity contribution >= 4 is 51.0 Å². The van der Waals surface area contributed by atoms with Gasteiger partial charge in [0.1, 0.15) is 9.42 Å². The van der Waals surface area contributed by atoms with Crippen LogP contribution in [0.4, 0.5) is 0 Å². The number of hydrogen-bond donors (Lipinski definition) is 0. The lowest BCUT2D eigenvalue weighted by Gasteiger charge is -2.26. The number of amides is 1. The van der Waals surface area contributed by atoms with Gasteiger partial charge in [-0.3, -0.25) is 4.79 Å². The number of nitrogens with zero attached hydrogens (tertiary/aromatic N) is 1. The van der Waals surface area contributed by atoms with Crippen LogP contribution >= 0.6 is 34.4 Å². The van der Waals surface area contributed by atoms with E-state index >= 15 is 0 Å². The van der Waals surface area contributed by atoms with Crippen molar-refractivity contribution in [1.29, 1.82) is 0 Å². The van der Waals surface area contributed by atoms with E-state index in [4.69, 9.17) is 6.42 Å². The fraction of sp³-hybridized carbons (Fsp3) is 0.235. The monoisotopic (exact) mass is 407 g/mol. The van der Waals surface area contributed by atoms with E-state index in [0.29, 0.717) is 0 Å². The highest BCUT2D eigenvalue weighted by Gasteiger charge is 2.41. The highest BCUT2D eigenvalue weighted by Crippen LogP contribution is 2.45. The number of halogens is 1. The zero-order valence-corrected chi connectivity index (χ0v) is 14.5. The summed E-state index contributed by atoms with van der Waals surface area (Å²) in [7, 11) is 0. The van der Waals surface area contributed by atoms with Crippen molar-refractivity contribution in [3.63, 3.8) is 0 Å². The maximum atomic E-state index is 12.4. The molecular formula is C17H14INOS. The molecule has 1 amide bonds. The van der Waals surface area contributed by atoms with Crippen LogP contribution in [0.2, 0.25) is 0 Å². The number of alkyl halides is 1. The van der Waals surface area contributed by atoms with E-state index < -0.39 is 0 Å². The molecular weight excluding hydrogens is 393 g/mol. The molecule has 2 nitrogen and oxygen atoms in total. The van der Waals surface area contributed by atoms with Crippen LogP contribution in [0, 0.1) is 12.3 Å². The Hall–Kier alpha value is -1.19. The summed E-state index contributed by atoms with van der Waals surface area (Å²) in [6, 6.07) is 14.6. The summed E-state index contributed by atoms with van der Waals surface area (Å²) in [5.41, 5.74) is 1.13. The second-order valence-corrected chi connectivity index (χ2v) is 7.59. The van der Waals surface area contributed by atoms with Gasteiger partial charge in [0.05, 0.1) is 5.25 Å². The molecule has 0 aromatic heterocycles. The van der Waals surface area contributed by atoms with Crippen molar-refractivity contribution in [2.75, 3.05) is 0 Å². The lowest BCUT2D eigenvalue weighted by atomic mass is 10.1. The van der Waals surface area contributed by atoms with Crippen LogP contribution < -0.4 is 0 Å². The maximum absolute atomic E-state index is 12.4. The number of benzene rings is 2. The predicted molar refractivity (Wildman–Crippen MR) is 97.2 cm³/mol. The third-order valence-corrected chi connectivity index (χ3v) is 5.96. The summed E-state index contributed by atoms with van der Waals surface area (Å²) < 4.78 is -0.218. The number of carbonyl (C=O) groups excluding carboxylic acids is 1. The average molecular weight is 407 g/mol. The molecule has 2 aromatic carbocycles. The van der Waals surface area contributed by atoms with Crippen molar-refractivity contribution < 1.29 is 4.79 Å². The van der Waals surface area contributed by atoms with E-state index in [1.54, 1.807) is 11.8 Å². The molecule has 3 rings (SSSR count). The minimum atomic E-state index is -0.218. The molecule has 0 saturated carbocycles. The van der Waals surface area contributed by atoms with Gasteiger partial charge in [-0.2, -0.15) is 0 Å². The Morgan fingerprint density at radius 2 is 2.00 bits per heavy atom. The molecule has 106 valence electrons. The lowest BCUT2D eigenvalue weighted by molar-refractivity contribution is -0.129. The van der Waals surface area contributed by atoms with E-state index in [9.17, 15) is 4.79 Å². The van der Waals surface area contributed by atoms with E-state index in [1.165, 1.54) is 10.8 Å². The molecule has 1 aliphatic rings. The Morgan fingerprint density at radius 1 is 1.29 bits per heavy atom. The zero-order valence-electron chi connectivity index (χ0n) is 11.5. The topological polar surface area (TPSA) is 20.3 Å². The van der Waals surface area contributed by atoms with Crippen LogP contribution in [0.15, 0.2) is 42.5 Å². The first kappa shape index (κ1) is 14.7. The predicted octanol–water partition coefficient (Wildman–Crippen LogP) is 4.20.